The molecule has 27 heavy (non-hydrogen) atoms. The van der Waals surface area contributed by atoms with Gasteiger partial charge in [0, 0.05) is 17.3 Å². The monoisotopic (exact) mass is 362 g/mol. The molecule has 3 aromatic rings. The molecule has 3 rings (SSSR count). The predicted octanol–water partition coefficient (Wildman–Crippen LogP) is 4.73. The van der Waals surface area contributed by atoms with Crippen LogP contribution in [0.15, 0.2) is 72.8 Å². The highest BCUT2D eigenvalue weighted by atomic mass is 16.6. The molecule has 0 aliphatic heterocycles. The molecular formula is C21H18N2O4. The Morgan fingerprint density at radius 1 is 1.04 bits per heavy atom. The van der Waals surface area contributed by atoms with Crippen molar-refractivity contribution in [3.63, 3.8) is 0 Å². The molecule has 1 amide bonds. The van der Waals surface area contributed by atoms with Gasteiger partial charge in [-0.25, -0.2) is 0 Å². The number of nitrogens with one attached hydrogen (secondary N) is 1. The predicted molar refractivity (Wildman–Crippen MR) is 103 cm³/mol. The number of rotatable bonds is 6. The van der Waals surface area contributed by atoms with E-state index in [2.05, 4.69) is 5.32 Å². The molecule has 0 aliphatic carbocycles. The van der Waals surface area contributed by atoms with Crippen LogP contribution in [0.4, 0.5) is 11.4 Å². The summed E-state index contributed by atoms with van der Waals surface area (Å²) in [5.41, 5.74) is 2.78. The van der Waals surface area contributed by atoms with E-state index in [1.165, 1.54) is 6.07 Å². The van der Waals surface area contributed by atoms with Crippen molar-refractivity contribution in [2.45, 2.75) is 13.5 Å². The van der Waals surface area contributed by atoms with Crippen LogP contribution in [0.25, 0.3) is 0 Å². The highest BCUT2D eigenvalue weighted by Crippen LogP contribution is 2.28. The van der Waals surface area contributed by atoms with Gasteiger partial charge in [-0.3, -0.25) is 14.9 Å². The lowest BCUT2D eigenvalue weighted by atomic mass is 10.1. The van der Waals surface area contributed by atoms with Crippen LogP contribution < -0.4 is 10.1 Å². The lowest BCUT2D eigenvalue weighted by molar-refractivity contribution is -0.386. The summed E-state index contributed by atoms with van der Waals surface area (Å²) in [6.45, 7) is 1.96. The number of anilines is 1. The molecule has 0 spiro atoms. The number of hydrogen-bond donors (Lipinski definition) is 1. The summed E-state index contributed by atoms with van der Waals surface area (Å²) in [5, 5.41) is 14.0. The summed E-state index contributed by atoms with van der Waals surface area (Å²) in [5.74, 6) is 0.0133. The first-order valence-corrected chi connectivity index (χ1v) is 8.36. The fourth-order valence-electron chi connectivity index (χ4n) is 2.53. The third kappa shape index (κ3) is 4.70. The van der Waals surface area contributed by atoms with E-state index >= 15 is 0 Å². The first-order valence-electron chi connectivity index (χ1n) is 8.36. The van der Waals surface area contributed by atoms with Crippen LogP contribution in [0.5, 0.6) is 5.75 Å². The van der Waals surface area contributed by atoms with Crippen LogP contribution >= 0.6 is 0 Å². The van der Waals surface area contributed by atoms with E-state index in [9.17, 15) is 14.9 Å². The molecular weight excluding hydrogens is 344 g/mol. The van der Waals surface area contributed by atoms with E-state index in [0.29, 0.717) is 5.56 Å². The van der Waals surface area contributed by atoms with Gasteiger partial charge in [-0.05, 0) is 48.4 Å². The van der Waals surface area contributed by atoms with Gasteiger partial charge in [0.05, 0.1) is 4.92 Å². The van der Waals surface area contributed by atoms with Crippen LogP contribution in [0.3, 0.4) is 0 Å². The van der Waals surface area contributed by atoms with Gasteiger partial charge in [0.15, 0.2) is 5.75 Å². The summed E-state index contributed by atoms with van der Waals surface area (Å²) in [4.78, 5) is 22.9. The van der Waals surface area contributed by atoms with Crippen molar-refractivity contribution in [2.75, 3.05) is 5.32 Å². The molecule has 0 fully saturated rings. The maximum atomic E-state index is 12.2. The Morgan fingerprint density at radius 2 is 1.74 bits per heavy atom. The first-order chi connectivity index (χ1) is 13.0. The van der Waals surface area contributed by atoms with Crippen molar-refractivity contribution in [3.05, 3.63) is 99.6 Å². The molecule has 0 unspecified atom stereocenters. The van der Waals surface area contributed by atoms with Gasteiger partial charge >= 0.3 is 5.69 Å². The summed E-state index contributed by atoms with van der Waals surface area (Å²) in [6.07, 6.45) is 0. The van der Waals surface area contributed by atoms with Gasteiger partial charge < -0.3 is 10.1 Å². The van der Waals surface area contributed by atoms with E-state index in [0.717, 1.165) is 16.8 Å². The molecule has 136 valence electrons. The van der Waals surface area contributed by atoms with Gasteiger partial charge in [0.2, 0.25) is 0 Å². The Bertz CT molecular complexity index is 954. The minimum atomic E-state index is -0.459. The zero-order chi connectivity index (χ0) is 19.2. The number of nitro benzene ring substituents is 1. The summed E-state index contributed by atoms with van der Waals surface area (Å²) < 4.78 is 5.59. The molecule has 0 saturated heterocycles. The molecule has 0 bridgehead atoms. The third-order valence-electron chi connectivity index (χ3n) is 3.95. The standard InChI is InChI=1S/C21H18N2O4/c1-15-7-12-20(19(13-15)23(25)26)27-14-16-8-10-17(11-9-16)21(24)22-18-5-3-2-4-6-18/h2-13H,14H2,1H3,(H,22,24). The van der Waals surface area contributed by atoms with Gasteiger partial charge in [-0.15, -0.1) is 0 Å². The summed E-state index contributed by atoms with van der Waals surface area (Å²) in [7, 11) is 0. The van der Waals surface area contributed by atoms with Crippen molar-refractivity contribution in [3.8, 4) is 5.75 Å². The molecule has 0 radical (unpaired) electrons. The van der Waals surface area contributed by atoms with Crippen LogP contribution in [-0.4, -0.2) is 10.8 Å². The molecule has 0 aromatic heterocycles. The number of amides is 1. The topological polar surface area (TPSA) is 81.5 Å². The Kier molecular flexibility index (Phi) is 5.47. The van der Waals surface area contributed by atoms with E-state index < -0.39 is 4.92 Å². The summed E-state index contributed by atoms with van der Waals surface area (Å²) >= 11 is 0. The largest absolute Gasteiger partial charge is 0.482 e. The van der Waals surface area contributed by atoms with Crippen molar-refractivity contribution in [1.82, 2.24) is 0 Å². The minimum absolute atomic E-state index is 0.0612. The number of benzene rings is 3. The Balaban J connectivity index is 1.65. The molecule has 6 nitrogen and oxygen atoms in total. The fourth-order valence-corrected chi connectivity index (χ4v) is 2.53. The van der Waals surface area contributed by atoms with E-state index in [1.54, 1.807) is 43.3 Å². The van der Waals surface area contributed by atoms with Crippen molar-refractivity contribution >= 4 is 17.3 Å². The second kappa shape index (κ2) is 8.14. The quantitative estimate of drug-likeness (QED) is 0.507. The lowest BCUT2D eigenvalue weighted by Gasteiger charge is -2.09. The normalized spacial score (nSPS) is 10.3. The number of nitro groups is 1. The van der Waals surface area contributed by atoms with Gasteiger partial charge in [0.1, 0.15) is 6.61 Å². The zero-order valence-electron chi connectivity index (χ0n) is 14.7. The number of para-hydroxylation sites is 1. The zero-order valence-corrected chi connectivity index (χ0v) is 14.7. The molecule has 3 aromatic carbocycles. The van der Waals surface area contributed by atoms with Crippen LogP contribution in [-0.2, 0) is 6.61 Å². The number of ether oxygens (including phenoxy) is 1. The highest BCUT2D eigenvalue weighted by molar-refractivity contribution is 6.04. The first kappa shape index (κ1) is 18.1. The second-order valence-corrected chi connectivity index (χ2v) is 6.03. The molecule has 6 heteroatoms. The van der Waals surface area contributed by atoms with E-state index in [4.69, 9.17) is 4.74 Å². The van der Waals surface area contributed by atoms with Crippen LogP contribution in [0.2, 0.25) is 0 Å². The number of hydrogen-bond acceptors (Lipinski definition) is 4. The molecule has 1 N–H and O–H groups in total. The molecule has 0 saturated carbocycles. The van der Waals surface area contributed by atoms with E-state index in [-0.39, 0.29) is 24.0 Å². The van der Waals surface area contributed by atoms with Crippen LogP contribution in [0, 0.1) is 17.0 Å². The SMILES string of the molecule is Cc1ccc(OCc2ccc(C(=O)Nc3ccccc3)cc2)c([N+](=O)[O-])c1. The molecule has 0 atom stereocenters. The van der Waals surface area contributed by atoms with Gasteiger partial charge in [-0.2, -0.15) is 0 Å². The summed E-state index contributed by atoms with van der Waals surface area (Å²) in [6, 6.07) is 21.0. The lowest BCUT2D eigenvalue weighted by Crippen LogP contribution is -2.11. The van der Waals surface area contributed by atoms with Crippen LogP contribution in [0.1, 0.15) is 21.5 Å². The fraction of sp³-hybridized carbons (Fsp3) is 0.0952. The number of carbonyl (C=O) groups is 1. The number of carbonyl (C=O) groups excluding carboxylic acids is 1. The molecule has 0 heterocycles. The van der Waals surface area contributed by atoms with Crippen molar-refractivity contribution in [1.29, 1.82) is 0 Å². The van der Waals surface area contributed by atoms with Gasteiger partial charge in [-0.1, -0.05) is 36.4 Å². The molecule has 0 aliphatic rings. The Labute approximate surface area is 156 Å². The minimum Gasteiger partial charge on any atom is -0.482 e. The Hall–Kier alpha value is -3.67. The average molecular weight is 362 g/mol. The number of nitrogens with zero attached hydrogens (tertiary/aromatic N) is 1. The smallest absolute Gasteiger partial charge is 0.311 e. The third-order valence-corrected chi connectivity index (χ3v) is 3.95. The Morgan fingerprint density at radius 3 is 2.41 bits per heavy atom. The maximum Gasteiger partial charge on any atom is 0.311 e. The number of aryl methyl sites for hydroxylation is 1. The van der Waals surface area contributed by atoms with E-state index in [1.807, 2.05) is 30.3 Å². The second-order valence-electron chi connectivity index (χ2n) is 6.03. The average Bonchev–Trinajstić information content (AvgIpc) is 2.68. The highest BCUT2D eigenvalue weighted by Gasteiger charge is 2.15. The van der Waals surface area contributed by atoms with Crippen molar-refractivity contribution in [2.24, 2.45) is 0 Å². The van der Waals surface area contributed by atoms with Gasteiger partial charge in [0.25, 0.3) is 5.91 Å². The maximum absolute atomic E-state index is 12.2. The van der Waals surface area contributed by atoms with Crippen molar-refractivity contribution < 1.29 is 14.5 Å².